The maximum Gasteiger partial charge on any atom is 0.343 e. The molecule has 1 aliphatic rings. The number of rotatable bonds is 8. The summed E-state index contributed by atoms with van der Waals surface area (Å²) in [6.07, 6.45) is 0.492. The lowest BCUT2D eigenvalue weighted by Crippen LogP contribution is -2.34. The van der Waals surface area contributed by atoms with Crippen molar-refractivity contribution in [2.24, 2.45) is 0 Å². The third-order valence-electron chi connectivity index (χ3n) is 5.23. The number of carbonyl (C=O) groups is 3. The topological polar surface area (TPSA) is 119 Å². The standard InChI is InChI=1S/C25H18ClN3O6/c26-21-22(24(31)28(23(21)30)15-14-16-6-2-1-3-7-16)27-18-12-10-17(11-13-18)25(32)35-20-9-5-4-8-19(20)29(33)34/h1-13,27H,14-15H2. The van der Waals surface area contributed by atoms with Crippen LogP contribution in [-0.2, 0) is 16.0 Å². The molecule has 1 N–H and O–H groups in total. The van der Waals surface area contributed by atoms with Gasteiger partial charge in [0, 0.05) is 18.3 Å². The minimum atomic E-state index is -0.790. The Morgan fingerprint density at radius 1 is 0.943 bits per heavy atom. The zero-order valence-corrected chi connectivity index (χ0v) is 18.9. The van der Waals surface area contributed by atoms with Gasteiger partial charge < -0.3 is 10.1 Å². The average Bonchev–Trinajstić information content (AvgIpc) is 3.06. The lowest BCUT2D eigenvalue weighted by atomic mass is 10.1. The summed E-state index contributed by atoms with van der Waals surface area (Å²) in [5.74, 6) is -2.09. The number of nitro groups is 1. The zero-order valence-electron chi connectivity index (χ0n) is 18.1. The minimum absolute atomic E-state index is 0.0556. The van der Waals surface area contributed by atoms with E-state index < -0.39 is 22.7 Å². The van der Waals surface area contributed by atoms with Crippen LogP contribution in [0.1, 0.15) is 15.9 Å². The van der Waals surface area contributed by atoms with Gasteiger partial charge in [-0.05, 0) is 42.3 Å². The van der Waals surface area contributed by atoms with Crippen LogP contribution in [0.5, 0.6) is 5.75 Å². The maximum atomic E-state index is 12.8. The third-order valence-corrected chi connectivity index (χ3v) is 5.58. The number of amides is 2. The van der Waals surface area contributed by atoms with Gasteiger partial charge in [-0.2, -0.15) is 0 Å². The molecule has 0 atom stereocenters. The lowest BCUT2D eigenvalue weighted by Gasteiger charge is -2.15. The van der Waals surface area contributed by atoms with Gasteiger partial charge in [-0.3, -0.25) is 24.6 Å². The van der Waals surface area contributed by atoms with Crippen molar-refractivity contribution in [2.45, 2.75) is 6.42 Å². The first-order valence-electron chi connectivity index (χ1n) is 10.5. The summed E-state index contributed by atoms with van der Waals surface area (Å²) in [4.78, 5) is 49.2. The quantitative estimate of drug-likeness (QED) is 0.164. The Morgan fingerprint density at radius 3 is 2.29 bits per heavy atom. The summed E-state index contributed by atoms with van der Waals surface area (Å²) in [6.45, 7) is 0.180. The number of esters is 1. The number of hydrogen-bond donors (Lipinski definition) is 1. The van der Waals surface area contributed by atoms with E-state index in [-0.39, 0.29) is 34.3 Å². The van der Waals surface area contributed by atoms with Crippen molar-refractivity contribution in [3.63, 3.8) is 0 Å². The molecule has 1 aliphatic heterocycles. The number of carbonyl (C=O) groups excluding carboxylic acids is 3. The van der Waals surface area contributed by atoms with Gasteiger partial charge in [0.25, 0.3) is 11.8 Å². The van der Waals surface area contributed by atoms with Gasteiger partial charge in [-0.25, -0.2) is 4.79 Å². The van der Waals surface area contributed by atoms with Gasteiger partial charge in [0.05, 0.1) is 10.5 Å². The van der Waals surface area contributed by atoms with Crippen molar-refractivity contribution in [3.8, 4) is 5.75 Å². The number of nitrogens with one attached hydrogen (secondary N) is 1. The molecule has 176 valence electrons. The van der Waals surface area contributed by atoms with E-state index >= 15 is 0 Å². The van der Waals surface area contributed by atoms with Crippen LogP contribution in [0.3, 0.4) is 0 Å². The van der Waals surface area contributed by atoms with Gasteiger partial charge in [0.15, 0.2) is 0 Å². The first-order chi connectivity index (χ1) is 16.8. The molecule has 0 radical (unpaired) electrons. The second kappa shape index (κ2) is 10.2. The molecule has 3 aromatic carbocycles. The van der Waals surface area contributed by atoms with Crippen LogP contribution in [0.25, 0.3) is 0 Å². The summed E-state index contributed by atoms with van der Waals surface area (Å²) >= 11 is 6.14. The molecule has 0 saturated heterocycles. The number of nitrogens with zero attached hydrogens (tertiary/aromatic N) is 2. The monoisotopic (exact) mass is 491 g/mol. The van der Waals surface area contributed by atoms with Crippen molar-refractivity contribution in [1.82, 2.24) is 4.90 Å². The molecule has 0 aliphatic carbocycles. The van der Waals surface area contributed by atoms with Crippen LogP contribution in [0.15, 0.2) is 89.6 Å². The van der Waals surface area contributed by atoms with Crippen LogP contribution in [0.2, 0.25) is 0 Å². The van der Waals surface area contributed by atoms with Crippen LogP contribution >= 0.6 is 11.6 Å². The van der Waals surface area contributed by atoms with Crippen molar-refractivity contribution in [3.05, 3.63) is 111 Å². The lowest BCUT2D eigenvalue weighted by molar-refractivity contribution is -0.385. The number of imide groups is 1. The van der Waals surface area contributed by atoms with Gasteiger partial charge in [0.2, 0.25) is 5.75 Å². The number of benzene rings is 3. The van der Waals surface area contributed by atoms with Crippen molar-refractivity contribution >= 4 is 40.8 Å². The fourth-order valence-corrected chi connectivity index (χ4v) is 3.66. The minimum Gasteiger partial charge on any atom is -0.416 e. The molecule has 0 saturated carbocycles. The Bertz CT molecular complexity index is 1340. The predicted octanol–water partition coefficient (Wildman–Crippen LogP) is 4.29. The van der Waals surface area contributed by atoms with E-state index in [1.165, 1.54) is 48.5 Å². The van der Waals surface area contributed by atoms with Crippen molar-refractivity contribution in [1.29, 1.82) is 0 Å². The fourth-order valence-electron chi connectivity index (χ4n) is 3.43. The highest BCUT2D eigenvalue weighted by molar-refractivity contribution is 6.48. The number of ether oxygens (including phenoxy) is 1. The van der Waals surface area contributed by atoms with Gasteiger partial charge >= 0.3 is 11.7 Å². The van der Waals surface area contributed by atoms with Crippen LogP contribution in [0.4, 0.5) is 11.4 Å². The molecule has 1 heterocycles. The molecule has 0 fully saturated rings. The molecule has 3 aromatic rings. The summed E-state index contributed by atoms with van der Waals surface area (Å²) in [5, 5.41) is 13.7. The summed E-state index contributed by atoms with van der Waals surface area (Å²) in [6, 6.07) is 20.8. The van der Waals surface area contributed by atoms with Crippen LogP contribution in [-0.4, -0.2) is 34.2 Å². The molecule has 35 heavy (non-hydrogen) atoms. The molecule has 0 bridgehead atoms. The Kier molecular flexibility index (Phi) is 6.88. The maximum absolute atomic E-state index is 12.8. The van der Waals surface area contributed by atoms with Crippen LogP contribution < -0.4 is 10.1 Å². The predicted molar refractivity (Wildman–Crippen MR) is 128 cm³/mol. The summed E-state index contributed by atoms with van der Waals surface area (Å²) in [7, 11) is 0. The molecular weight excluding hydrogens is 474 g/mol. The number of halogens is 1. The highest BCUT2D eigenvalue weighted by Gasteiger charge is 2.37. The third kappa shape index (κ3) is 5.20. The van der Waals surface area contributed by atoms with Gasteiger partial charge in [-0.15, -0.1) is 0 Å². The molecule has 2 amide bonds. The van der Waals surface area contributed by atoms with E-state index in [1.54, 1.807) is 0 Å². The molecule has 9 nitrogen and oxygen atoms in total. The van der Waals surface area contributed by atoms with E-state index in [1.807, 2.05) is 30.3 Å². The molecule has 4 rings (SSSR count). The number of para-hydroxylation sites is 2. The highest BCUT2D eigenvalue weighted by Crippen LogP contribution is 2.28. The highest BCUT2D eigenvalue weighted by atomic mass is 35.5. The number of hydrogen-bond acceptors (Lipinski definition) is 7. The zero-order chi connectivity index (χ0) is 24.9. The first kappa shape index (κ1) is 23.7. The Morgan fingerprint density at radius 2 is 1.60 bits per heavy atom. The number of anilines is 1. The normalized spacial score (nSPS) is 13.2. The molecule has 0 spiro atoms. The summed E-state index contributed by atoms with van der Waals surface area (Å²) < 4.78 is 5.15. The van der Waals surface area contributed by atoms with E-state index in [4.69, 9.17) is 16.3 Å². The van der Waals surface area contributed by atoms with E-state index in [0.717, 1.165) is 10.5 Å². The second-order valence-electron chi connectivity index (χ2n) is 7.50. The molecular formula is C25H18ClN3O6. The largest absolute Gasteiger partial charge is 0.416 e. The van der Waals surface area contributed by atoms with Crippen molar-refractivity contribution in [2.75, 3.05) is 11.9 Å². The van der Waals surface area contributed by atoms with Crippen LogP contribution in [0, 0.1) is 10.1 Å². The molecule has 0 aromatic heterocycles. The molecule has 0 unspecified atom stereocenters. The summed E-state index contributed by atoms with van der Waals surface area (Å²) in [5.41, 5.74) is 1.13. The van der Waals surface area contributed by atoms with E-state index in [0.29, 0.717) is 12.1 Å². The van der Waals surface area contributed by atoms with Gasteiger partial charge in [-0.1, -0.05) is 54.1 Å². The van der Waals surface area contributed by atoms with Crippen molar-refractivity contribution < 1.29 is 24.0 Å². The first-order valence-corrected chi connectivity index (χ1v) is 10.9. The average molecular weight is 492 g/mol. The fraction of sp³-hybridized carbons (Fsp3) is 0.0800. The number of nitro benzene ring substituents is 1. The molecule has 10 heteroatoms. The smallest absolute Gasteiger partial charge is 0.343 e. The Hall–Kier alpha value is -4.50. The second-order valence-corrected chi connectivity index (χ2v) is 7.88. The van der Waals surface area contributed by atoms with E-state index in [9.17, 15) is 24.5 Å². The van der Waals surface area contributed by atoms with Gasteiger partial charge in [0.1, 0.15) is 10.7 Å². The Labute approximate surface area is 204 Å². The van der Waals surface area contributed by atoms with E-state index in [2.05, 4.69) is 5.32 Å². The Balaban J connectivity index is 1.41. The SMILES string of the molecule is O=C(Oc1ccccc1[N+](=O)[O-])c1ccc(NC2=C(Cl)C(=O)N(CCc3ccccc3)C2=O)cc1.